The second-order valence-electron chi connectivity index (χ2n) is 7.89. The number of anilines is 2. The molecule has 0 bridgehead atoms. The normalized spacial score (nSPS) is 11.3. The predicted octanol–water partition coefficient (Wildman–Crippen LogP) is 9.22. The van der Waals surface area contributed by atoms with Gasteiger partial charge in [-0.3, -0.25) is 0 Å². The highest BCUT2D eigenvalue weighted by Gasteiger charge is 2.13. The molecule has 0 aliphatic rings. The summed E-state index contributed by atoms with van der Waals surface area (Å²) in [5, 5.41) is 6.39. The molecule has 0 fully saturated rings. The Morgan fingerprint density at radius 1 is 0.500 bits per heavy atom. The number of hydrogen-bond acceptors (Lipinski definition) is 3. The van der Waals surface area contributed by atoms with Crippen LogP contribution in [0.4, 0.5) is 10.7 Å². The van der Waals surface area contributed by atoms with Gasteiger partial charge in [0.2, 0.25) is 0 Å². The minimum Gasteiger partial charge on any atom is -0.336 e. The van der Waals surface area contributed by atoms with Crippen molar-refractivity contribution in [2.75, 3.05) is 11.9 Å². The molecule has 3 heteroatoms. The Bertz CT molecular complexity index is 1550. The Kier molecular flexibility index (Phi) is 4.79. The lowest BCUT2D eigenvalue weighted by Crippen LogP contribution is -2.07. The zero-order valence-corrected chi connectivity index (χ0v) is 19.3. The average Bonchev–Trinajstić information content (AvgIpc) is 3.53. The summed E-state index contributed by atoms with van der Waals surface area (Å²) >= 11 is 3.72. The van der Waals surface area contributed by atoms with E-state index in [2.05, 4.69) is 121 Å². The van der Waals surface area contributed by atoms with E-state index < -0.39 is 0 Å². The molecule has 0 radical (unpaired) electrons. The van der Waals surface area contributed by atoms with E-state index in [0.717, 1.165) is 0 Å². The summed E-state index contributed by atoms with van der Waals surface area (Å²) in [6.07, 6.45) is 0. The Morgan fingerprint density at radius 2 is 1.09 bits per heavy atom. The van der Waals surface area contributed by atoms with E-state index in [1.54, 1.807) is 0 Å². The van der Waals surface area contributed by atoms with Crippen molar-refractivity contribution >= 4 is 54.9 Å². The van der Waals surface area contributed by atoms with Crippen LogP contribution in [0.2, 0.25) is 0 Å². The molecule has 0 unspecified atom stereocenters. The lowest BCUT2D eigenvalue weighted by Gasteiger charge is -2.19. The second kappa shape index (κ2) is 7.94. The first kappa shape index (κ1) is 19.3. The molecule has 0 N–H and O–H groups in total. The molecule has 0 aliphatic heterocycles. The number of benzene rings is 4. The van der Waals surface area contributed by atoms with Gasteiger partial charge < -0.3 is 4.90 Å². The third-order valence-corrected chi connectivity index (χ3v) is 8.43. The summed E-state index contributed by atoms with van der Waals surface area (Å²) < 4.78 is 0. The lowest BCUT2D eigenvalue weighted by atomic mass is 10.0. The van der Waals surface area contributed by atoms with Crippen LogP contribution in [0.15, 0.2) is 109 Å². The van der Waals surface area contributed by atoms with Crippen LogP contribution in [-0.4, -0.2) is 7.05 Å². The van der Waals surface area contributed by atoms with E-state index in [1.807, 2.05) is 22.7 Å². The van der Waals surface area contributed by atoms with E-state index in [-0.39, 0.29) is 0 Å². The molecular weight excluding hydrogens is 426 g/mol. The molecule has 0 saturated heterocycles. The summed E-state index contributed by atoms with van der Waals surface area (Å²) in [5.74, 6) is 0. The van der Waals surface area contributed by atoms with Gasteiger partial charge in [-0.15, -0.1) is 22.7 Å². The molecule has 0 spiro atoms. The van der Waals surface area contributed by atoms with Crippen LogP contribution < -0.4 is 4.90 Å². The summed E-state index contributed by atoms with van der Waals surface area (Å²) in [6.45, 7) is 0. The number of rotatable bonds is 4. The summed E-state index contributed by atoms with van der Waals surface area (Å²) in [7, 11) is 2.16. The Labute approximate surface area is 195 Å². The number of hydrogen-bond donors (Lipinski definition) is 0. The van der Waals surface area contributed by atoms with E-state index in [0.29, 0.717) is 0 Å². The predicted molar refractivity (Wildman–Crippen MR) is 143 cm³/mol. The van der Waals surface area contributed by atoms with Crippen molar-refractivity contribution in [1.29, 1.82) is 0 Å². The molecule has 1 nitrogen and oxygen atoms in total. The zero-order chi connectivity index (χ0) is 21.5. The largest absolute Gasteiger partial charge is 0.336 e. The van der Waals surface area contributed by atoms with Crippen LogP contribution in [0, 0.1) is 0 Å². The molecule has 0 aliphatic carbocycles. The topological polar surface area (TPSA) is 3.24 Å². The molecule has 0 saturated carbocycles. The molecule has 6 rings (SSSR count). The third-order valence-electron chi connectivity index (χ3n) is 5.95. The van der Waals surface area contributed by atoms with Crippen molar-refractivity contribution in [1.82, 2.24) is 0 Å². The van der Waals surface area contributed by atoms with Crippen LogP contribution in [0.25, 0.3) is 41.7 Å². The maximum atomic E-state index is 2.30. The van der Waals surface area contributed by atoms with Crippen molar-refractivity contribution in [2.45, 2.75) is 0 Å². The first-order valence-corrected chi connectivity index (χ1v) is 12.3. The molecule has 4 aromatic carbocycles. The van der Waals surface area contributed by atoms with Gasteiger partial charge >= 0.3 is 0 Å². The maximum Gasteiger partial charge on any atom is 0.0957 e. The van der Waals surface area contributed by atoms with Crippen LogP contribution in [0.3, 0.4) is 0 Å². The van der Waals surface area contributed by atoms with Crippen LogP contribution >= 0.6 is 22.7 Å². The Balaban J connectivity index is 1.35. The first-order valence-electron chi connectivity index (χ1n) is 10.7. The number of nitrogens with zero attached hydrogens (tertiary/aromatic N) is 1. The van der Waals surface area contributed by atoms with Gasteiger partial charge in [0, 0.05) is 32.8 Å². The summed E-state index contributed by atoms with van der Waals surface area (Å²) in [4.78, 5) is 6.24. The molecule has 2 heterocycles. The highest BCUT2D eigenvalue weighted by Crippen LogP contribution is 2.43. The highest BCUT2D eigenvalue weighted by molar-refractivity contribution is 7.25. The molecule has 0 atom stereocenters. The summed E-state index contributed by atoms with van der Waals surface area (Å²) in [6, 6.07) is 39.3. The quantitative estimate of drug-likeness (QED) is 0.260. The van der Waals surface area contributed by atoms with E-state index in [1.165, 1.54) is 52.4 Å². The van der Waals surface area contributed by atoms with Crippen LogP contribution in [-0.2, 0) is 0 Å². The lowest BCUT2D eigenvalue weighted by molar-refractivity contribution is 1.25. The van der Waals surface area contributed by atoms with Gasteiger partial charge in [-0.1, -0.05) is 78.9 Å². The fraction of sp³-hybridized carbons (Fsp3) is 0.0345. The molecule has 154 valence electrons. The first-order chi connectivity index (χ1) is 15.8. The highest BCUT2D eigenvalue weighted by atomic mass is 32.1. The van der Waals surface area contributed by atoms with Gasteiger partial charge in [-0.05, 0) is 52.1 Å². The fourth-order valence-corrected chi connectivity index (χ4v) is 6.43. The number of fused-ring (bicyclic) bond motifs is 2. The Morgan fingerprint density at radius 3 is 1.94 bits per heavy atom. The molecular formula is C29H21NS2. The van der Waals surface area contributed by atoms with Gasteiger partial charge in [0.15, 0.2) is 0 Å². The minimum absolute atomic E-state index is 1.24. The van der Waals surface area contributed by atoms with E-state index >= 15 is 0 Å². The average molecular weight is 448 g/mol. The Hall–Kier alpha value is -3.40. The van der Waals surface area contributed by atoms with Crippen molar-refractivity contribution in [3.8, 4) is 20.2 Å². The van der Waals surface area contributed by atoms with E-state index in [4.69, 9.17) is 0 Å². The molecule has 32 heavy (non-hydrogen) atoms. The second-order valence-corrected chi connectivity index (χ2v) is 10.0. The van der Waals surface area contributed by atoms with Gasteiger partial charge in [-0.25, -0.2) is 0 Å². The van der Waals surface area contributed by atoms with Crippen LogP contribution in [0.5, 0.6) is 0 Å². The molecule has 0 amide bonds. The standard InChI is InChI=1S/C29H21NS2/c1-30(25-15-7-11-21-9-3-5-13-23(21)25)29-19-18-28(32-29)27-17-16-26(31-27)24-14-6-10-20-8-2-4-12-22(20)24/h2-19H,1H3. The number of thiophene rings is 2. The van der Waals surface area contributed by atoms with Gasteiger partial charge in [0.05, 0.1) is 5.00 Å². The van der Waals surface area contributed by atoms with Gasteiger partial charge in [0.1, 0.15) is 0 Å². The van der Waals surface area contributed by atoms with Crippen molar-refractivity contribution in [2.24, 2.45) is 0 Å². The fourth-order valence-electron chi connectivity index (χ4n) is 4.32. The molecule has 2 aromatic heterocycles. The minimum atomic E-state index is 1.24. The van der Waals surface area contributed by atoms with E-state index in [9.17, 15) is 0 Å². The van der Waals surface area contributed by atoms with Crippen molar-refractivity contribution in [3.05, 3.63) is 109 Å². The maximum absolute atomic E-state index is 2.30. The van der Waals surface area contributed by atoms with Crippen LogP contribution in [0.1, 0.15) is 0 Å². The van der Waals surface area contributed by atoms with Crippen molar-refractivity contribution < 1.29 is 0 Å². The summed E-state index contributed by atoms with van der Waals surface area (Å²) in [5.41, 5.74) is 2.54. The third kappa shape index (κ3) is 3.31. The SMILES string of the molecule is CN(c1ccc(-c2ccc(-c3cccc4ccccc34)s2)s1)c1cccc2ccccc12. The molecule has 6 aromatic rings. The van der Waals surface area contributed by atoms with Gasteiger partial charge in [0.25, 0.3) is 0 Å². The monoisotopic (exact) mass is 447 g/mol. The van der Waals surface area contributed by atoms with Crippen molar-refractivity contribution in [3.63, 3.8) is 0 Å². The van der Waals surface area contributed by atoms with Gasteiger partial charge in [-0.2, -0.15) is 0 Å². The zero-order valence-electron chi connectivity index (χ0n) is 17.7. The smallest absolute Gasteiger partial charge is 0.0957 e.